The molecule has 0 unspecified atom stereocenters. The van der Waals surface area contributed by atoms with Gasteiger partial charge in [-0.2, -0.15) is 0 Å². The number of nitrogens with one attached hydrogen (secondary N) is 1. The number of hydrogen-bond donors (Lipinski definition) is 1. The second-order valence-electron chi connectivity index (χ2n) is 6.20. The Morgan fingerprint density at radius 2 is 1.77 bits per heavy atom. The van der Waals surface area contributed by atoms with E-state index in [1.54, 1.807) is 45.8 Å². The van der Waals surface area contributed by atoms with Crippen LogP contribution in [-0.4, -0.2) is 39.2 Å². The van der Waals surface area contributed by atoms with Crippen LogP contribution in [0.4, 0.5) is 5.69 Å². The fourth-order valence-electron chi connectivity index (χ4n) is 3.14. The number of nitrogens with zero attached hydrogens (tertiary/aromatic N) is 3. The SMILES string of the molecule is O=C(Nc1ccc(Cl)cc1)c1nc(C(=O)N2CCCC2)n2ccccc12. The molecule has 0 saturated carbocycles. The van der Waals surface area contributed by atoms with Crippen LogP contribution < -0.4 is 5.32 Å². The van der Waals surface area contributed by atoms with Gasteiger partial charge in [-0.1, -0.05) is 17.7 Å². The van der Waals surface area contributed by atoms with Gasteiger partial charge in [0.1, 0.15) is 0 Å². The number of fused-ring (bicyclic) bond motifs is 1. The van der Waals surface area contributed by atoms with Crippen LogP contribution in [0.15, 0.2) is 48.7 Å². The third-order valence-electron chi connectivity index (χ3n) is 4.45. The number of likely N-dealkylation sites (tertiary alicyclic amines) is 1. The summed E-state index contributed by atoms with van der Waals surface area (Å²) in [5.41, 5.74) is 1.44. The largest absolute Gasteiger partial charge is 0.336 e. The normalized spacial score (nSPS) is 14.0. The van der Waals surface area contributed by atoms with E-state index in [1.807, 2.05) is 12.1 Å². The van der Waals surface area contributed by atoms with Gasteiger partial charge in [0.15, 0.2) is 5.69 Å². The fourth-order valence-corrected chi connectivity index (χ4v) is 3.27. The Kier molecular flexibility index (Phi) is 4.34. The zero-order valence-corrected chi connectivity index (χ0v) is 14.7. The lowest BCUT2D eigenvalue weighted by molar-refractivity contribution is 0.0780. The maximum atomic E-state index is 12.8. The molecule has 1 aliphatic rings. The van der Waals surface area contributed by atoms with Gasteiger partial charge in [-0.25, -0.2) is 4.98 Å². The molecule has 4 rings (SSSR count). The predicted octanol–water partition coefficient (Wildman–Crippen LogP) is 3.48. The lowest BCUT2D eigenvalue weighted by atomic mass is 10.3. The lowest BCUT2D eigenvalue weighted by Gasteiger charge is -2.13. The number of carbonyl (C=O) groups excluding carboxylic acids is 2. The van der Waals surface area contributed by atoms with Crippen LogP contribution in [-0.2, 0) is 0 Å². The molecule has 2 amide bonds. The van der Waals surface area contributed by atoms with Crippen molar-refractivity contribution in [3.63, 3.8) is 0 Å². The first-order chi connectivity index (χ1) is 12.6. The van der Waals surface area contributed by atoms with E-state index in [9.17, 15) is 9.59 Å². The van der Waals surface area contributed by atoms with E-state index in [4.69, 9.17) is 11.6 Å². The van der Waals surface area contributed by atoms with Crippen LogP contribution in [0.1, 0.15) is 33.9 Å². The Morgan fingerprint density at radius 1 is 1.04 bits per heavy atom. The van der Waals surface area contributed by atoms with Gasteiger partial charge < -0.3 is 10.2 Å². The summed E-state index contributed by atoms with van der Waals surface area (Å²) in [5, 5.41) is 3.39. The Hall–Kier alpha value is -2.86. The second-order valence-corrected chi connectivity index (χ2v) is 6.64. The molecule has 0 aliphatic carbocycles. The van der Waals surface area contributed by atoms with Gasteiger partial charge in [0.2, 0.25) is 5.82 Å². The number of rotatable bonds is 3. The maximum Gasteiger partial charge on any atom is 0.290 e. The summed E-state index contributed by atoms with van der Waals surface area (Å²) in [5.74, 6) is -0.241. The molecule has 26 heavy (non-hydrogen) atoms. The summed E-state index contributed by atoms with van der Waals surface area (Å²) in [7, 11) is 0. The van der Waals surface area contributed by atoms with E-state index in [-0.39, 0.29) is 23.3 Å². The summed E-state index contributed by atoms with van der Waals surface area (Å²) >= 11 is 5.87. The van der Waals surface area contributed by atoms with Crippen molar-refractivity contribution >= 4 is 34.6 Å². The van der Waals surface area contributed by atoms with E-state index in [0.29, 0.717) is 16.2 Å². The Bertz CT molecular complexity index is 975. The van der Waals surface area contributed by atoms with Crippen molar-refractivity contribution in [2.75, 3.05) is 18.4 Å². The zero-order chi connectivity index (χ0) is 18.1. The fraction of sp³-hybridized carbons (Fsp3) is 0.211. The quantitative estimate of drug-likeness (QED) is 0.769. The summed E-state index contributed by atoms with van der Waals surface area (Å²) in [4.78, 5) is 31.7. The predicted molar refractivity (Wildman–Crippen MR) is 99.7 cm³/mol. The standard InChI is InChI=1S/C19H17ClN4O2/c20-13-6-8-14(9-7-13)21-18(25)16-15-5-1-2-12-24(15)17(22-16)19(26)23-10-3-4-11-23/h1-2,5-9,12H,3-4,10-11H2,(H,21,25). The van der Waals surface area contributed by atoms with Crippen LogP contribution in [0.2, 0.25) is 5.02 Å². The number of halogens is 1. The van der Waals surface area contributed by atoms with Gasteiger partial charge in [0.25, 0.3) is 11.8 Å². The number of pyridine rings is 1. The van der Waals surface area contributed by atoms with Crippen molar-refractivity contribution in [2.24, 2.45) is 0 Å². The van der Waals surface area contributed by atoms with Gasteiger partial charge in [-0.15, -0.1) is 0 Å². The molecule has 3 heterocycles. The molecule has 1 saturated heterocycles. The highest BCUT2D eigenvalue weighted by molar-refractivity contribution is 6.30. The van der Waals surface area contributed by atoms with Crippen LogP contribution in [0.5, 0.6) is 0 Å². The average Bonchev–Trinajstić information content (AvgIpc) is 3.31. The minimum absolute atomic E-state index is 0.144. The molecule has 132 valence electrons. The highest BCUT2D eigenvalue weighted by Gasteiger charge is 2.26. The van der Waals surface area contributed by atoms with Crippen molar-refractivity contribution in [1.82, 2.24) is 14.3 Å². The molecule has 0 spiro atoms. The van der Waals surface area contributed by atoms with E-state index in [2.05, 4.69) is 10.3 Å². The lowest BCUT2D eigenvalue weighted by Crippen LogP contribution is -2.29. The average molecular weight is 369 g/mol. The number of aromatic nitrogens is 2. The van der Waals surface area contributed by atoms with E-state index in [1.165, 1.54) is 0 Å². The minimum Gasteiger partial charge on any atom is -0.336 e. The molecule has 2 aromatic heterocycles. The monoisotopic (exact) mass is 368 g/mol. The summed E-state index contributed by atoms with van der Waals surface area (Å²) in [6.45, 7) is 1.46. The number of carbonyl (C=O) groups is 2. The molecule has 0 atom stereocenters. The molecule has 1 N–H and O–H groups in total. The molecule has 0 bridgehead atoms. The second kappa shape index (κ2) is 6.80. The third-order valence-corrected chi connectivity index (χ3v) is 4.70. The van der Waals surface area contributed by atoms with Crippen LogP contribution in [0.25, 0.3) is 5.52 Å². The zero-order valence-electron chi connectivity index (χ0n) is 14.0. The summed E-state index contributed by atoms with van der Waals surface area (Å²) in [6.07, 6.45) is 3.75. The third kappa shape index (κ3) is 3.04. The Balaban J connectivity index is 1.69. The van der Waals surface area contributed by atoms with Crippen molar-refractivity contribution in [3.8, 4) is 0 Å². The van der Waals surface area contributed by atoms with Crippen LogP contribution >= 0.6 is 11.6 Å². The molecule has 6 nitrogen and oxygen atoms in total. The Labute approximate surface area is 155 Å². The van der Waals surface area contributed by atoms with Crippen molar-refractivity contribution in [2.45, 2.75) is 12.8 Å². The highest BCUT2D eigenvalue weighted by atomic mass is 35.5. The van der Waals surface area contributed by atoms with Crippen molar-refractivity contribution in [1.29, 1.82) is 0 Å². The molecule has 3 aromatic rings. The molecule has 0 radical (unpaired) electrons. The van der Waals surface area contributed by atoms with Crippen molar-refractivity contribution in [3.05, 3.63) is 65.2 Å². The summed E-state index contributed by atoms with van der Waals surface area (Å²) < 4.78 is 1.68. The van der Waals surface area contributed by atoms with Crippen molar-refractivity contribution < 1.29 is 9.59 Å². The Morgan fingerprint density at radius 3 is 2.50 bits per heavy atom. The van der Waals surface area contributed by atoms with E-state index in [0.717, 1.165) is 25.9 Å². The topological polar surface area (TPSA) is 66.7 Å². The van der Waals surface area contributed by atoms with Gasteiger partial charge in [-0.3, -0.25) is 14.0 Å². The molecule has 1 aromatic carbocycles. The first kappa shape index (κ1) is 16.6. The number of amides is 2. The van der Waals surface area contributed by atoms with Gasteiger partial charge >= 0.3 is 0 Å². The molecular weight excluding hydrogens is 352 g/mol. The van der Waals surface area contributed by atoms with E-state index >= 15 is 0 Å². The smallest absolute Gasteiger partial charge is 0.290 e. The maximum absolute atomic E-state index is 12.8. The van der Waals surface area contributed by atoms with Crippen LogP contribution in [0.3, 0.4) is 0 Å². The minimum atomic E-state index is -0.364. The first-order valence-electron chi connectivity index (χ1n) is 8.47. The number of anilines is 1. The number of imidazole rings is 1. The van der Waals surface area contributed by atoms with Crippen LogP contribution in [0, 0.1) is 0 Å². The molecule has 1 fully saturated rings. The highest BCUT2D eigenvalue weighted by Crippen LogP contribution is 2.19. The van der Waals surface area contributed by atoms with Gasteiger partial charge in [0.05, 0.1) is 5.52 Å². The molecular formula is C19H17ClN4O2. The number of benzene rings is 1. The van der Waals surface area contributed by atoms with Gasteiger partial charge in [-0.05, 0) is 49.2 Å². The summed E-state index contributed by atoms with van der Waals surface area (Å²) in [6, 6.07) is 12.3. The molecule has 1 aliphatic heterocycles. The molecule has 7 heteroatoms. The number of hydrogen-bond acceptors (Lipinski definition) is 3. The van der Waals surface area contributed by atoms with Gasteiger partial charge in [0, 0.05) is 30.0 Å². The van der Waals surface area contributed by atoms with E-state index < -0.39 is 0 Å². The first-order valence-corrected chi connectivity index (χ1v) is 8.84.